The first kappa shape index (κ1) is 49.0. The van der Waals surface area contributed by atoms with Crippen molar-refractivity contribution in [3.05, 3.63) is 0 Å². The van der Waals surface area contributed by atoms with E-state index in [2.05, 4.69) is 11.7 Å². The molecule has 324 valence electrons. The number of aliphatic hydroxyl groups is 2. The minimum atomic E-state index is -6.16. The van der Waals surface area contributed by atoms with Gasteiger partial charge < -0.3 is 19.7 Å². The number of hydrogen-bond donors (Lipinski definition) is 2. The van der Waals surface area contributed by atoms with E-state index in [1.165, 1.54) is 0 Å². The summed E-state index contributed by atoms with van der Waals surface area (Å²) in [5.41, 5.74) is -14.2. The number of hydrogen-bond acceptors (Lipinski definition) is 6. The molecule has 0 amide bonds. The summed E-state index contributed by atoms with van der Waals surface area (Å²) in [5.74, 6) is -2.44. The molecule has 0 aromatic carbocycles. The third kappa shape index (κ3) is 9.75. The maximum absolute atomic E-state index is 13.3. The van der Waals surface area contributed by atoms with Crippen molar-refractivity contribution in [2.24, 2.45) is 40.4 Å². The van der Waals surface area contributed by atoms with E-state index in [9.17, 15) is 80.6 Å². The fraction of sp³-hybridized carbons (Fsp3) is 0.941. The Bertz CT molecular complexity index is 1290. The monoisotopic (exact) mass is 836 g/mol. The Balaban J connectivity index is 0.000000395. The largest absolute Gasteiger partial charge is 0.462 e. The molecule has 2 N–H and O–H groups in total. The SMILES string of the molecule is CC1C2CC(C1C)C(C)(C(=O)OC(CC(O)(C(F)(F)F)C(F)(F)F)C1CCCCC1)C2.CCC(C)(C(=O)OC(C)CC(O)(C(F)(F)F)C(F)(F)F)C(F)(F)F. The van der Waals surface area contributed by atoms with E-state index < -0.39 is 102 Å². The molecule has 3 aliphatic carbocycles. The maximum Gasteiger partial charge on any atom is 0.426 e. The van der Waals surface area contributed by atoms with Crippen LogP contribution < -0.4 is 0 Å². The number of esters is 2. The zero-order valence-corrected chi connectivity index (χ0v) is 30.8. The molecule has 0 aromatic heterocycles. The summed E-state index contributed by atoms with van der Waals surface area (Å²) >= 11 is 0. The molecule has 0 radical (unpaired) electrons. The molecule has 8 unspecified atom stereocenters. The van der Waals surface area contributed by atoms with E-state index in [0.29, 0.717) is 57.8 Å². The molecule has 3 fully saturated rings. The lowest BCUT2D eigenvalue weighted by Gasteiger charge is -2.42. The average Bonchev–Trinajstić information content (AvgIpc) is 3.52. The van der Waals surface area contributed by atoms with Crippen LogP contribution in [-0.4, -0.2) is 76.4 Å². The van der Waals surface area contributed by atoms with Crippen molar-refractivity contribution < 1.29 is 95.1 Å². The fourth-order valence-corrected chi connectivity index (χ4v) is 7.98. The average molecular weight is 837 g/mol. The summed E-state index contributed by atoms with van der Waals surface area (Å²) in [4.78, 5) is 24.7. The van der Waals surface area contributed by atoms with Crippen molar-refractivity contribution in [3.8, 4) is 0 Å². The second-order valence-corrected chi connectivity index (χ2v) is 15.8. The van der Waals surface area contributed by atoms with Crippen LogP contribution in [0.15, 0.2) is 0 Å². The van der Waals surface area contributed by atoms with Crippen LogP contribution in [0.5, 0.6) is 0 Å². The number of rotatable bonds is 10. The van der Waals surface area contributed by atoms with Gasteiger partial charge in [0.15, 0.2) is 5.41 Å². The first-order chi connectivity index (χ1) is 24.4. The van der Waals surface area contributed by atoms with Crippen LogP contribution in [0.4, 0.5) is 65.9 Å². The lowest BCUT2D eigenvalue weighted by Crippen LogP contribution is -2.59. The van der Waals surface area contributed by atoms with Gasteiger partial charge in [-0.05, 0) is 82.5 Å². The predicted octanol–water partition coefficient (Wildman–Crippen LogP) is 10.2. The van der Waals surface area contributed by atoms with Gasteiger partial charge in [-0.2, -0.15) is 65.9 Å². The Morgan fingerprint density at radius 3 is 1.51 bits per heavy atom. The van der Waals surface area contributed by atoms with Crippen molar-refractivity contribution in [3.63, 3.8) is 0 Å². The van der Waals surface area contributed by atoms with Gasteiger partial charge in [0.2, 0.25) is 0 Å². The standard InChI is InChI=1S/C22H32F6O3.C12H15F9O3/c1-12-13(2)16-9-15(12)10-19(16,3)18(29)31-17(14-7-5-4-6-8-14)11-20(30,21(23,24)25)22(26,27)28;1-4-8(3,10(13,14)15)7(22)24-6(2)5-9(23,11(16,17)18)12(19,20)21/h12-17,30H,4-11H2,1-3H3;6,23H,4-5H2,1-3H3. The van der Waals surface area contributed by atoms with Crippen LogP contribution in [0, 0.1) is 40.4 Å². The number of halogens is 15. The lowest BCUT2D eigenvalue weighted by molar-refractivity contribution is -0.375. The Hall–Kier alpha value is -2.19. The minimum absolute atomic E-state index is 0.00359. The fourth-order valence-electron chi connectivity index (χ4n) is 7.98. The quantitative estimate of drug-likeness (QED) is 0.168. The summed E-state index contributed by atoms with van der Waals surface area (Å²) < 4.78 is 203. The van der Waals surface area contributed by atoms with E-state index in [1.807, 2.05) is 6.92 Å². The highest BCUT2D eigenvalue weighted by Gasteiger charge is 2.72. The van der Waals surface area contributed by atoms with Gasteiger partial charge in [-0.3, -0.25) is 9.59 Å². The van der Waals surface area contributed by atoms with Crippen LogP contribution in [0.25, 0.3) is 0 Å². The first-order valence-corrected chi connectivity index (χ1v) is 17.7. The van der Waals surface area contributed by atoms with Gasteiger partial charge >= 0.3 is 42.8 Å². The smallest absolute Gasteiger partial charge is 0.426 e. The molecule has 3 saturated carbocycles. The van der Waals surface area contributed by atoms with Crippen molar-refractivity contribution >= 4 is 11.9 Å². The minimum Gasteiger partial charge on any atom is -0.462 e. The van der Waals surface area contributed by atoms with Crippen LogP contribution in [0.3, 0.4) is 0 Å². The number of ether oxygens (including phenoxy) is 2. The van der Waals surface area contributed by atoms with Crippen LogP contribution >= 0.6 is 0 Å². The van der Waals surface area contributed by atoms with Gasteiger partial charge in [-0.15, -0.1) is 0 Å². The number of alkyl halides is 15. The summed E-state index contributed by atoms with van der Waals surface area (Å²) in [6.07, 6.45) is -33.7. The van der Waals surface area contributed by atoms with Gasteiger partial charge in [-0.1, -0.05) is 40.0 Å². The molecule has 0 aliphatic heterocycles. The normalized spacial score (nSPS) is 28.1. The molecule has 0 saturated heterocycles. The molecule has 3 aliphatic rings. The molecule has 6 nitrogen and oxygen atoms in total. The predicted molar refractivity (Wildman–Crippen MR) is 162 cm³/mol. The molecule has 0 heterocycles. The molecule has 0 aromatic rings. The zero-order chi connectivity index (χ0) is 43.2. The molecule has 8 atom stereocenters. The van der Waals surface area contributed by atoms with Crippen molar-refractivity contribution in [1.82, 2.24) is 0 Å². The topological polar surface area (TPSA) is 93.1 Å². The van der Waals surface area contributed by atoms with E-state index in [-0.39, 0.29) is 11.8 Å². The molecular weight excluding hydrogens is 789 g/mol. The van der Waals surface area contributed by atoms with Gasteiger partial charge in [-0.25, -0.2) is 0 Å². The van der Waals surface area contributed by atoms with E-state index in [0.717, 1.165) is 19.8 Å². The van der Waals surface area contributed by atoms with Gasteiger partial charge in [0.05, 0.1) is 5.41 Å². The van der Waals surface area contributed by atoms with E-state index in [1.54, 1.807) is 6.92 Å². The Morgan fingerprint density at radius 1 is 0.709 bits per heavy atom. The third-order valence-electron chi connectivity index (χ3n) is 12.2. The van der Waals surface area contributed by atoms with Crippen molar-refractivity contribution in [2.45, 2.75) is 160 Å². The highest BCUT2D eigenvalue weighted by Crippen LogP contribution is 2.61. The van der Waals surface area contributed by atoms with Crippen molar-refractivity contribution in [2.75, 3.05) is 0 Å². The van der Waals surface area contributed by atoms with Crippen LogP contribution in [0.2, 0.25) is 0 Å². The van der Waals surface area contributed by atoms with Gasteiger partial charge in [0.25, 0.3) is 11.2 Å². The molecule has 55 heavy (non-hydrogen) atoms. The first-order valence-electron chi connectivity index (χ1n) is 17.7. The van der Waals surface area contributed by atoms with E-state index in [4.69, 9.17) is 9.84 Å². The second kappa shape index (κ2) is 16.2. The van der Waals surface area contributed by atoms with Crippen molar-refractivity contribution in [1.29, 1.82) is 0 Å². The van der Waals surface area contributed by atoms with Gasteiger partial charge in [0, 0.05) is 12.8 Å². The maximum atomic E-state index is 13.3. The summed E-state index contributed by atoms with van der Waals surface area (Å²) in [6, 6.07) is 0. The molecule has 0 spiro atoms. The highest BCUT2D eigenvalue weighted by atomic mass is 19.4. The van der Waals surface area contributed by atoms with Crippen LogP contribution in [0.1, 0.15) is 106 Å². The summed E-state index contributed by atoms with van der Waals surface area (Å²) in [5, 5.41) is 18.7. The number of carbonyl (C=O) groups is 2. The third-order valence-corrected chi connectivity index (χ3v) is 12.2. The summed E-state index contributed by atoms with van der Waals surface area (Å²) in [6.45, 7) is 7.73. The Kier molecular flexibility index (Phi) is 14.4. The van der Waals surface area contributed by atoms with Crippen LogP contribution in [-0.2, 0) is 19.1 Å². The highest BCUT2D eigenvalue weighted by molar-refractivity contribution is 5.78. The van der Waals surface area contributed by atoms with Gasteiger partial charge in [0.1, 0.15) is 12.2 Å². The van der Waals surface area contributed by atoms with E-state index >= 15 is 0 Å². The molecule has 21 heteroatoms. The summed E-state index contributed by atoms with van der Waals surface area (Å²) in [7, 11) is 0. The lowest BCUT2D eigenvalue weighted by atomic mass is 9.66. The Labute approximate surface area is 307 Å². The number of fused-ring (bicyclic) bond motifs is 2. The molecule has 2 bridgehead atoms. The second-order valence-electron chi connectivity index (χ2n) is 15.8. The molecule has 3 rings (SSSR count). The Morgan fingerprint density at radius 2 is 1.15 bits per heavy atom. The zero-order valence-electron chi connectivity index (χ0n) is 30.8. The molecular formula is C34H47F15O6. The number of carbonyl (C=O) groups excluding carboxylic acids is 2.